The summed E-state index contributed by atoms with van der Waals surface area (Å²) in [5.74, 6) is 1.56. The lowest BCUT2D eigenvalue weighted by molar-refractivity contribution is -0.133. The number of carbonyl (C=O) groups is 1. The Hall–Kier alpha value is -0.240. The Balaban J connectivity index is 2.08. The van der Waals surface area contributed by atoms with E-state index in [2.05, 4.69) is 6.92 Å². The minimum Gasteiger partial charge on any atom is -0.342 e. The Bertz CT molecular complexity index is 233. The van der Waals surface area contributed by atoms with Crippen molar-refractivity contribution >= 4 is 17.5 Å². The molecule has 1 aliphatic heterocycles. The van der Waals surface area contributed by atoms with Crippen molar-refractivity contribution in [1.29, 1.82) is 0 Å². The molecule has 1 heterocycles. The molecule has 0 radical (unpaired) electrons. The number of nitrogens with zero attached hydrogens (tertiary/aromatic N) is 1. The molecule has 1 saturated heterocycles. The Morgan fingerprint density at radius 3 is 2.67 bits per heavy atom. The van der Waals surface area contributed by atoms with Gasteiger partial charge in [-0.3, -0.25) is 4.79 Å². The number of piperidine rings is 1. The summed E-state index contributed by atoms with van der Waals surface area (Å²) in [7, 11) is 0. The summed E-state index contributed by atoms with van der Waals surface area (Å²) in [6.07, 6.45) is 10.5. The normalized spacial score (nSPS) is 20.1. The number of likely N-dealkylation sites (tertiary alicyclic amines) is 1. The van der Waals surface area contributed by atoms with Gasteiger partial charge in [-0.15, -0.1) is 11.6 Å². The quantitative estimate of drug-likeness (QED) is 0.479. The second kappa shape index (κ2) is 9.66. The maximum atomic E-state index is 12.0. The van der Waals surface area contributed by atoms with Crippen molar-refractivity contribution in [3.05, 3.63) is 0 Å². The largest absolute Gasteiger partial charge is 0.342 e. The summed E-state index contributed by atoms with van der Waals surface area (Å²) in [5, 5.41) is 0. The highest BCUT2D eigenvalue weighted by Gasteiger charge is 2.22. The molecule has 1 unspecified atom stereocenters. The second-order valence-electron chi connectivity index (χ2n) is 5.52. The molecule has 0 saturated carbocycles. The highest BCUT2D eigenvalue weighted by atomic mass is 35.5. The van der Waals surface area contributed by atoms with E-state index in [0.717, 1.165) is 32.4 Å². The first kappa shape index (κ1) is 15.8. The maximum Gasteiger partial charge on any atom is 0.222 e. The number of hydrogen-bond acceptors (Lipinski definition) is 1. The lowest BCUT2D eigenvalue weighted by Gasteiger charge is -2.31. The number of carbonyl (C=O) groups excluding carboxylic acids is 1. The summed E-state index contributed by atoms with van der Waals surface area (Å²) < 4.78 is 0. The average Bonchev–Trinajstić information content (AvgIpc) is 2.42. The van der Waals surface area contributed by atoms with Crippen molar-refractivity contribution in [2.75, 3.05) is 19.0 Å². The van der Waals surface area contributed by atoms with E-state index in [1.165, 1.54) is 38.5 Å². The van der Waals surface area contributed by atoms with Crippen LogP contribution in [0.4, 0.5) is 0 Å². The molecule has 0 aromatic heterocycles. The molecule has 0 aliphatic carbocycles. The lowest BCUT2D eigenvalue weighted by Crippen LogP contribution is -2.40. The maximum absolute atomic E-state index is 12.0. The predicted molar refractivity (Wildman–Crippen MR) is 78.0 cm³/mol. The minimum absolute atomic E-state index is 0.348. The fourth-order valence-corrected chi connectivity index (χ4v) is 2.88. The van der Waals surface area contributed by atoms with Crippen LogP contribution in [0.15, 0.2) is 0 Å². The number of unbranched alkanes of at least 4 members (excludes halogenated alkanes) is 5. The highest BCUT2D eigenvalue weighted by Crippen LogP contribution is 2.19. The number of alkyl halides is 1. The smallest absolute Gasteiger partial charge is 0.222 e. The van der Waals surface area contributed by atoms with Crippen LogP contribution in [0.3, 0.4) is 0 Å². The van der Waals surface area contributed by atoms with Gasteiger partial charge in [0.05, 0.1) is 0 Å². The average molecular weight is 274 g/mol. The molecule has 1 amide bonds. The van der Waals surface area contributed by atoms with Crippen LogP contribution in [-0.4, -0.2) is 29.8 Å². The topological polar surface area (TPSA) is 20.3 Å². The first-order chi connectivity index (χ1) is 8.77. The molecular formula is C15H28ClNO. The zero-order valence-corrected chi connectivity index (χ0v) is 12.6. The third-order valence-electron chi connectivity index (χ3n) is 3.83. The van der Waals surface area contributed by atoms with Crippen LogP contribution in [0.2, 0.25) is 0 Å². The molecule has 0 bridgehead atoms. The van der Waals surface area contributed by atoms with E-state index in [1.54, 1.807) is 0 Å². The van der Waals surface area contributed by atoms with Crippen LogP contribution in [0, 0.1) is 5.92 Å². The predicted octanol–water partition coefficient (Wildman–Crippen LogP) is 4.21. The van der Waals surface area contributed by atoms with Gasteiger partial charge in [-0.05, 0) is 25.2 Å². The van der Waals surface area contributed by atoms with Gasteiger partial charge in [0.2, 0.25) is 5.91 Å². The molecule has 1 rings (SSSR count). The molecule has 2 nitrogen and oxygen atoms in total. The van der Waals surface area contributed by atoms with Crippen LogP contribution >= 0.6 is 11.6 Å². The fourth-order valence-electron chi connectivity index (χ4n) is 2.63. The third kappa shape index (κ3) is 6.08. The highest BCUT2D eigenvalue weighted by molar-refractivity contribution is 6.18. The third-order valence-corrected chi connectivity index (χ3v) is 4.27. The van der Waals surface area contributed by atoms with Gasteiger partial charge in [0, 0.05) is 25.4 Å². The Kier molecular flexibility index (Phi) is 8.49. The van der Waals surface area contributed by atoms with Gasteiger partial charge < -0.3 is 4.90 Å². The van der Waals surface area contributed by atoms with Gasteiger partial charge in [-0.25, -0.2) is 0 Å². The second-order valence-corrected chi connectivity index (χ2v) is 5.83. The van der Waals surface area contributed by atoms with Gasteiger partial charge in [-0.1, -0.05) is 39.0 Å². The molecule has 0 aromatic carbocycles. The number of halogens is 1. The number of amides is 1. The molecule has 0 spiro atoms. The number of rotatable bonds is 8. The van der Waals surface area contributed by atoms with Crippen molar-refractivity contribution in [1.82, 2.24) is 4.90 Å². The SMILES string of the molecule is CCCCCCCCC(=O)N1CCCC(CCl)C1. The van der Waals surface area contributed by atoms with Crippen LogP contribution in [0.25, 0.3) is 0 Å². The van der Waals surface area contributed by atoms with Gasteiger partial charge in [0.1, 0.15) is 0 Å². The van der Waals surface area contributed by atoms with Crippen molar-refractivity contribution in [3.8, 4) is 0 Å². The molecule has 106 valence electrons. The van der Waals surface area contributed by atoms with Gasteiger partial charge in [0.25, 0.3) is 0 Å². The van der Waals surface area contributed by atoms with Crippen LogP contribution < -0.4 is 0 Å². The van der Waals surface area contributed by atoms with E-state index >= 15 is 0 Å². The van der Waals surface area contributed by atoms with E-state index in [0.29, 0.717) is 17.7 Å². The molecule has 0 N–H and O–H groups in total. The zero-order valence-electron chi connectivity index (χ0n) is 11.8. The lowest BCUT2D eigenvalue weighted by atomic mass is 9.99. The minimum atomic E-state index is 0.348. The Labute approximate surface area is 117 Å². The van der Waals surface area contributed by atoms with E-state index in [4.69, 9.17) is 11.6 Å². The van der Waals surface area contributed by atoms with Crippen molar-refractivity contribution in [2.45, 2.75) is 64.7 Å². The molecule has 0 aromatic rings. The Morgan fingerprint density at radius 2 is 1.94 bits per heavy atom. The van der Waals surface area contributed by atoms with Gasteiger partial charge in [0.15, 0.2) is 0 Å². The molecular weight excluding hydrogens is 246 g/mol. The molecule has 1 aliphatic rings. The number of hydrogen-bond donors (Lipinski definition) is 0. The van der Waals surface area contributed by atoms with Crippen molar-refractivity contribution < 1.29 is 4.79 Å². The summed E-state index contributed by atoms with van der Waals surface area (Å²) in [6, 6.07) is 0. The molecule has 1 atom stereocenters. The van der Waals surface area contributed by atoms with Crippen molar-refractivity contribution in [3.63, 3.8) is 0 Å². The van der Waals surface area contributed by atoms with E-state index < -0.39 is 0 Å². The first-order valence-electron chi connectivity index (χ1n) is 7.61. The molecule has 3 heteroatoms. The van der Waals surface area contributed by atoms with Gasteiger partial charge >= 0.3 is 0 Å². The summed E-state index contributed by atoms with van der Waals surface area (Å²) >= 11 is 5.89. The van der Waals surface area contributed by atoms with E-state index in [-0.39, 0.29) is 0 Å². The molecule has 1 fully saturated rings. The van der Waals surface area contributed by atoms with E-state index in [1.807, 2.05) is 4.90 Å². The fraction of sp³-hybridized carbons (Fsp3) is 0.933. The van der Waals surface area contributed by atoms with Crippen molar-refractivity contribution in [2.24, 2.45) is 5.92 Å². The van der Waals surface area contributed by atoms with Crippen LogP contribution in [0.1, 0.15) is 64.7 Å². The molecule has 18 heavy (non-hydrogen) atoms. The summed E-state index contributed by atoms with van der Waals surface area (Å²) in [4.78, 5) is 14.1. The van der Waals surface area contributed by atoms with Crippen LogP contribution in [-0.2, 0) is 4.79 Å². The first-order valence-corrected chi connectivity index (χ1v) is 8.15. The van der Waals surface area contributed by atoms with Gasteiger partial charge in [-0.2, -0.15) is 0 Å². The zero-order chi connectivity index (χ0) is 13.2. The summed E-state index contributed by atoms with van der Waals surface area (Å²) in [5.41, 5.74) is 0. The van der Waals surface area contributed by atoms with E-state index in [9.17, 15) is 4.79 Å². The standard InChI is InChI=1S/C15H28ClNO/c1-2-3-4-5-6-7-10-15(18)17-11-8-9-14(12-16)13-17/h14H,2-13H2,1H3. The summed E-state index contributed by atoms with van der Waals surface area (Å²) in [6.45, 7) is 4.06. The van der Waals surface area contributed by atoms with Crippen LogP contribution in [0.5, 0.6) is 0 Å². The monoisotopic (exact) mass is 273 g/mol. The Morgan fingerprint density at radius 1 is 1.22 bits per heavy atom.